The molecule has 1 aliphatic rings. The van der Waals surface area contributed by atoms with Crippen molar-refractivity contribution in [1.82, 2.24) is 10.6 Å². The number of hydrogen-bond acceptors (Lipinski definition) is 8. The van der Waals surface area contributed by atoms with Gasteiger partial charge in [-0.05, 0) is 67.6 Å². The van der Waals surface area contributed by atoms with E-state index in [9.17, 15) is 23.4 Å². The lowest BCUT2D eigenvalue weighted by Crippen LogP contribution is -2.48. The molecule has 0 unspecified atom stereocenters. The molecular weight excluding hydrogens is 559 g/mol. The predicted octanol–water partition coefficient (Wildman–Crippen LogP) is 5.02. The van der Waals surface area contributed by atoms with Gasteiger partial charge in [0.15, 0.2) is 11.6 Å². The van der Waals surface area contributed by atoms with Crippen molar-refractivity contribution in [2.75, 3.05) is 42.1 Å². The molecule has 9 nitrogen and oxygen atoms in total. The molecule has 1 fully saturated rings. The highest BCUT2D eigenvalue weighted by atomic mass is 32.3. The van der Waals surface area contributed by atoms with Gasteiger partial charge in [-0.1, -0.05) is 36.4 Å². The van der Waals surface area contributed by atoms with E-state index in [1.54, 1.807) is 28.6 Å². The number of benzene rings is 3. The average molecular weight is 601 g/mol. The maximum absolute atomic E-state index is 13.8. The van der Waals surface area contributed by atoms with Crippen LogP contribution in [0.2, 0.25) is 0 Å². The topological polar surface area (TPSA) is 126 Å². The van der Waals surface area contributed by atoms with E-state index in [0.29, 0.717) is 48.7 Å². The Bertz CT molecular complexity index is 1330. The van der Waals surface area contributed by atoms with Crippen molar-refractivity contribution < 1.29 is 28.1 Å². The average Bonchev–Trinajstić information content (AvgIpc) is 2.98. The van der Waals surface area contributed by atoms with Crippen LogP contribution in [0.4, 0.5) is 15.8 Å². The highest BCUT2D eigenvalue weighted by Gasteiger charge is 2.28. The quantitative estimate of drug-likeness (QED) is 0.162. The zero-order valence-electron chi connectivity index (χ0n) is 24.1. The van der Waals surface area contributed by atoms with E-state index in [-0.39, 0.29) is 18.2 Å². The van der Waals surface area contributed by atoms with E-state index in [0.717, 1.165) is 24.0 Å². The number of anilines is 2. The first-order chi connectivity index (χ1) is 20.2. The van der Waals surface area contributed by atoms with Crippen molar-refractivity contribution in [2.24, 2.45) is 0 Å². The highest BCUT2D eigenvalue weighted by Crippen LogP contribution is 2.50. The second kappa shape index (κ2) is 14.7. The van der Waals surface area contributed by atoms with Crippen LogP contribution in [0.5, 0.6) is 5.75 Å². The lowest BCUT2D eigenvalue weighted by molar-refractivity contribution is 0.0830. The minimum Gasteiger partial charge on any atom is -0.494 e. The minimum absolute atomic E-state index is 0.147. The number of amides is 1. The lowest BCUT2D eigenvalue weighted by atomic mass is 10.00. The Morgan fingerprint density at radius 1 is 1.07 bits per heavy atom. The van der Waals surface area contributed by atoms with Gasteiger partial charge in [-0.2, -0.15) is 0 Å². The van der Waals surface area contributed by atoms with Gasteiger partial charge in [0.25, 0.3) is 5.91 Å². The molecule has 0 aliphatic carbocycles. The largest absolute Gasteiger partial charge is 0.494 e. The first kappa shape index (κ1) is 31.6. The molecule has 3 aromatic rings. The summed E-state index contributed by atoms with van der Waals surface area (Å²) in [6.07, 6.45) is 1.01. The summed E-state index contributed by atoms with van der Waals surface area (Å²) in [5.74, 6) is -0.386. The Morgan fingerprint density at radius 3 is 2.57 bits per heavy atom. The Kier molecular flexibility index (Phi) is 11.1. The fourth-order valence-electron chi connectivity index (χ4n) is 5.02. The third-order valence-corrected chi connectivity index (χ3v) is 9.14. The summed E-state index contributed by atoms with van der Waals surface area (Å²) in [6.45, 7) is 3.61. The SMILES string of the molecule is CCNc1cc(C(=O)N[C@@H](Cc2ccccc2)[C@@H](O)CNCc2ccc(F)c(OC)c2)cc(N2CCCCS2(O)O)c1. The van der Waals surface area contributed by atoms with Crippen LogP contribution >= 0.6 is 10.8 Å². The number of hydrogen-bond donors (Lipinski definition) is 6. The molecule has 0 bridgehead atoms. The van der Waals surface area contributed by atoms with E-state index in [1.165, 1.54) is 13.2 Å². The second-order valence-electron chi connectivity index (χ2n) is 10.4. The number of nitrogens with zero attached hydrogens (tertiary/aromatic N) is 1. The Balaban J connectivity index is 1.52. The fourth-order valence-corrected chi connectivity index (χ4v) is 6.70. The van der Waals surface area contributed by atoms with Gasteiger partial charge in [0.05, 0.1) is 30.7 Å². The van der Waals surface area contributed by atoms with Gasteiger partial charge in [0, 0.05) is 37.4 Å². The van der Waals surface area contributed by atoms with Crippen LogP contribution in [0.3, 0.4) is 0 Å². The van der Waals surface area contributed by atoms with Gasteiger partial charge in [0.2, 0.25) is 0 Å². The van der Waals surface area contributed by atoms with Crippen molar-refractivity contribution in [3.8, 4) is 5.75 Å². The van der Waals surface area contributed by atoms with E-state index in [2.05, 4.69) is 16.0 Å². The van der Waals surface area contributed by atoms with Gasteiger partial charge in [0.1, 0.15) is 0 Å². The van der Waals surface area contributed by atoms with Crippen LogP contribution in [0.15, 0.2) is 66.7 Å². The fraction of sp³-hybridized carbons (Fsp3) is 0.387. The van der Waals surface area contributed by atoms with Crippen molar-refractivity contribution in [3.63, 3.8) is 0 Å². The Morgan fingerprint density at radius 2 is 1.86 bits per heavy atom. The molecule has 0 spiro atoms. The summed E-state index contributed by atoms with van der Waals surface area (Å²) in [5, 5.41) is 20.6. The summed E-state index contributed by atoms with van der Waals surface area (Å²) < 4.78 is 41.8. The van der Waals surface area contributed by atoms with Crippen molar-refractivity contribution in [1.29, 1.82) is 0 Å². The summed E-state index contributed by atoms with van der Waals surface area (Å²) in [6, 6.07) is 18.8. The third kappa shape index (κ3) is 8.36. The number of methoxy groups -OCH3 is 1. The first-order valence-electron chi connectivity index (χ1n) is 14.2. The molecule has 11 heteroatoms. The van der Waals surface area contributed by atoms with Crippen LogP contribution in [-0.4, -0.2) is 64.8 Å². The van der Waals surface area contributed by atoms with Crippen LogP contribution in [0.1, 0.15) is 41.3 Å². The zero-order valence-corrected chi connectivity index (χ0v) is 24.9. The van der Waals surface area contributed by atoms with E-state index < -0.39 is 28.7 Å². The normalized spacial score (nSPS) is 16.8. The van der Waals surface area contributed by atoms with Gasteiger partial charge in [-0.25, -0.2) is 4.39 Å². The van der Waals surface area contributed by atoms with Crippen LogP contribution in [0, 0.1) is 5.82 Å². The number of rotatable bonds is 13. The number of halogens is 1. The van der Waals surface area contributed by atoms with Gasteiger partial charge in [-0.3, -0.25) is 18.2 Å². The molecule has 4 rings (SSSR count). The first-order valence-corrected chi connectivity index (χ1v) is 15.9. The smallest absolute Gasteiger partial charge is 0.251 e. The predicted molar refractivity (Wildman–Crippen MR) is 167 cm³/mol. The molecule has 1 saturated heterocycles. The number of nitrogens with one attached hydrogen (secondary N) is 3. The maximum atomic E-state index is 13.8. The Hall–Kier alpha value is -3.35. The summed E-state index contributed by atoms with van der Waals surface area (Å²) in [5.41, 5.74) is 3.35. The molecule has 0 aromatic heterocycles. The Labute approximate surface area is 248 Å². The summed E-state index contributed by atoms with van der Waals surface area (Å²) in [4.78, 5) is 13.6. The number of carbonyl (C=O) groups excluding carboxylic acids is 1. The summed E-state index contributed by atoms with van der Waals surface area (Å²) in [7, 11) is -1.56. The number of aliphatic hydroxyl groups is 1. The minimum atomic E-state index is -2.97. The van der Waals surface area contributed by atoms with E-state index >= 15 is 0 Å². The van der Waals surface area contributed by atoms with Crippen LogP contribution < -0.4 is 25.0 Å². The second-order valence-corrected chi connectivity index (χ2v) is 12.5. The van der Waals surface area contributed by atoms with Gasteiger partial charge in [-0.15, -0.1) is 10.8 Å². The standard InChI is InChI=1S/C31H41FN4O5S/c1-3-34-25-17-24(18-26(19-25)36-13-7-8-14-42(36,39)40)31(38)35-28(15-22-9-5-4-6-10-22)29(37)21-33-20-23-11-12-27(32)30(16-23)41-2/h4-6,9-12,16-19,28-29,33-34,37,39-40H,3,7-8,13-15,20-21H2,1-2H3,(H,35,38)/t28-,29-/m0/s1. The van der Waals surface area contributed by atoms with Crippen molar-refractivity contribution in [2.45, 2.75) is 44.9 Å². The molecule has 6 N–H and O–H groups in total. The molecule has 2 atom stereocenters. The molecule has 1 heterocycles. The zero-order chi connectivity index (χ0) is 30.1. The van der Waals surface area contributed by atoms with Crippen molar-refractivity contribution in [3.05, 3.63) is 89.2 Å². The van der Waals surface area contributed by atoms with Gasteiger partial charge < -0.3 is 25.8 Å². The van der Waals surface area contributed by atoms with Crippen LogP contribution in [0.25, 0.3) is 0 Å². The van der Waals surface area contributed by atoms with Crippen LogP contribution in [-0.2, 0) is 13.0 Å². The molecule has 42 heavy (non-hydrogen) atoms. The molecule has 3 aromatic carbocycles. The third-order valence-electron chi connectivity index (χ3n) is 7.21. The van der Waals surface area contributed by atoms with E-state index in [4.69, 9.17) is 4.74 Å². The molecule has 0 saturated carbocycles. The van der Waals surface area contributed by atoms with Gasteiger partial charge >= 0.3 is 0 Å². The number of ether oxygens (including phenoxy) is 1. The number of aliphatic hydroxyl groups excluding tert-OH is 1. The molecule has 1 amide bonds. The summed E-state index contributed by atoms with van der Waals surface area (Å²) >= 11 is 0. The molecule has 0 radical (unpaired) electrons. The monoisotopic (exact) mass is 600 g/mol. The molecule has 228 valence electrons. The highest BCUT2D eigenvalue weighted by molar-refractivity contribution is 8.25. The maximum Gasteiger partial charge on any atom is 0.251 e. The molecule has 1 aliphatic heterocycles. The molecular formula is C31H41FN4O5S. The van der Waals surface area contributed by atoms with E-state index in [1.807, 2.05) is 43.3 Å². The van der Waals surface area contributed by atoms with Crippen molar-refractivity contribution >= 4 is 28.1 Å². The lowest BCUT2D eigenvalue weighted by Gasteiger charge is -2.47. The number of carbonyl (C=O) groups is 1.